The molecule has 0 aliphatic heterocycles. The molecule has 0 unspecified atom stereocenters. The standard InChI is InChI=1S/C13H8F3N5/c14-7-4-5-8(11(17)6-7)13-18-19-20-21(13)12-9(15)2-1-3-10(12)16/h1-6H,17H2. The zero-order valence-electron chi connectivity index (χ0n) is 10.5. The van der Waals surface area contributed by atoms with Crippen LogP contribution in [-0.2, 0) is 0 Å². The van der Waals surface area contributed by atoms with E-state index in [9.17, 15) is 13.2 Å². The summed E-state index contributed by atoms with van der Waals surface area (Å²) in [6, 6.07) is 6.96. The monoisotopic (exact) mass is 291 g/mol. The van der Waals surface area contributed by atoms with Crippen LogP contribution in [0.3, 0.4) is 0 Å². The van der Waals surface area contributed by atoms with Crippen LogP contribution in [0, 0.1) is 17.5 Å². The molecule has 2 N–H and O–H groups in total. The summed E-state index contributed by atoms with van der Waals surface area (Å²) in [4.78, 5) is 0. The maximum atomic E-state index is 13.8. The lowest BCUT2D eigenvalue weighted by Crippen LogP contribution is -2.06. The van der Waals surface area contributed by atoms with E-state index in [-0.39, 0.29) is 17.1 Å². The average molecular weight is 291 g/mol. The van der Waals surface area contributed by atoms with Gasteiger partial charge in [0.15, 0.2) is 17.5 Å². The molecule has 0 aliphatic rings. The van der Waals surface area contributed by atoms with Crippen LogP contribution in [0.5, 0.6) is 0 Å². The predicted molar refractivity (Wildman–Crippen MR) is 68.9 cm³/mol. The summed E-state index contributed by atoms with van der Waals surface area (Å²) in [6.07, 6.45) is 0. The molecule has 8 heteroatoms. The second kappa shape index (κ2) is 4.89. The van der Waals surface area contributed by atoms with Crippen molar-refractivity contribution in [1.29, 1.82) is 0 Å². The molecular formula is C13H8F3N5. The molecule has 0 radical (unpaired) electrons. The van der Waals surface area contributed by atoms with Gasteiger partial charge in [0.2, 0.25) is 0 Å². The number of anilines is 1. The molecule has 0 saturated carbocycles. The quantitative estimate of drug-likeness (QED) is 0.736. The summed E-state index contributed by atoms with van der Waals surface area (Å²) in [7, 11) is 0. The van der Waals surface area contributed by atoms with Crippen LogP contribution >= 0.6 is 0 Å². The van der Waals surface area contributed by atoms with Gasteiger partial charge in [-0.15, -0.1) is 5.10 Å². The number of nitrogens with zero attached hydrogens (tertiary/aromatic N) is 4. The van der Waals surface area contributed by atoms with Crippen LogP contribution in [0.1, 0.15) is 0 Å². The highest BCUT2D eigenvalue weighted by atomic mass is 19.1. The van der Waals surface area contributed by atoms with Crippen LogP contribution in [-0.4, -0.2) is 20.2 Å². The van der Waals surface area contributed by atoms with Gasteiger partial charge < -0.3 is 5.73 Å². The maximum absolute atomic E-state index is 13.8. The number of benzene rings is 2. The molecule has 0 fully saturated rings. The van der Waals surface area contributed by atoms with Gasteiger partial charge in [-0.2, -0.15) is 4.68 Å². The number of tetrazole rings is 1. The third-order valence-electron chi connectivity index (χ3n) is 2.87. The average Bonchev–Trinajstić information content (AvgIpc) is 2.87. The fourth-order valence-corrected chi connectivity index (χ4v) is 1.93. The van der Waals surface area contributed by atoms with E-state index in [1.54, 1.807) is 0 Å². The van der Waals surface area contributed by atoms with E-state index in [0.717, 1.165) is 28.9 Å². The molecule has 5 nitrogen and oxygen atoms in total. The Morgan fingerprint density at radius 2 is 1.71 bits per heavy atom. The molecule has 21 heavy (non-hydrogen) atoms. The molecule has 0 aliphatic carbocycles. The van der Waals surface area contributed by atoms with Crippen molar-refractivity contribution in [2.75, 3.05) is 5.73 Å². The Labute approximate surface area is 116 Å². The van der Waals surface area contributed by atoms with Crippen LogP contribution < -0.4 is 5.73 Å². The summed E-state index contributed by atoms with van der Waals surface area (Å²) in [6.45, 7) is 0. The van der Waals surface area contributed by atoms with Crippen molar-refractivity contribution in [3.8, 4) is 17.1 Å². The Kier molecular flexibility index (Phi) is 3.05. The van der Waals surface area contributed by atoms with Gasteiger partial charge in [-0.3, -0.25) is 0 Å². The van der Waals surface area contributed by atoms with Gasteiger partial charge in [-0.1, -0.05) is 6.07 Å². The fraction of sp³-hybridized carbons (Fsp3) is 0. The van der Waals surface area contributed by atoms with E-state index in [1.165, 1.54) is 12.1 Å². The third kappa shape index (κ3) is 2.20. The van der Waals surface area contributed by atoms with Gasteiger partial charge in [0.25, 0.3) is 0 Å². The van der Waals surface area contributed by atoms with E-state index in [2.05, 4.69) is 15.5 Å². The predicted octanol–water partition coefficient (Wildman–Crippen LogP) is 2.33. The van der Waals surface area contributed by atoms with Crippen molar-refractivity contribution in [3.05, 3.63) is 53.8 Å². The normalized spacial score (nSPS) is 10.8. The van der Waals surface area contributed by atoms with Crippen molar-refractivity contribution in [3.63, 3.8) is 0 Å². The first-order valence-corrected chi connectivity index (χ1v) is 5.86. The zero-order chi connectivity index (χ0) is 15.0. The topological polar surface area (TPSA) is 69.6 Å². The van der Waals surface area contributed by atoms with E-state index < -0.39 is 23.1 Å². The first-order valence-electron chi connectivity index (χ1n) is 5.86. The highest BCUT2D eigenvalue weighted by Gasteiger charge is 2.19. The highest BCUT2D eigenvalue weighted by molar-refractivity contribution is 5.72. The molecular weight excluding hydrogens is 283 g/mol. The molecule has 0 saturated heterocycles. The largest absolute Gasteiger partial charge is 0.398 e. The van der Waals surface area contributed by atoms with Gasteiger partial charge >= 0.3 is 0 Å². The van der Waals surface area contributed by atoms with Gasteiger partial charge in [-0.25, -0.2) is 13.2 Å². The van der Waals surface area contributed by atoms with Crippen LogP contribution in [0.4, 0.5) is 18.9 Å². The van der Waals surface area contributed by atoms with E-state index in [4.69, 9.17) is 5.73 Å². The molecule has 0 amide bonds. The summed E-state index contributed by atoms with van der Waals surface area (Å²) >= 11 is 0. The molecule has 1 heterocycles. The first-order chi connectivity index (χ1) is 10.1. The molecule has 0 spiro atoms. The van der Waals surface area contributed by atoms with E-state index >= 15 is 0 Å². The van der Waals surface area contributed by atoms with Crippen molar-refractivity contribution in [2.45, 2.75) is 0 Å². The molecule has 0 bridgehead atoms. The Morgan fingerprint density at radius 3 is 2.38 bits per heavy atom. The van der Waals surface area contributed by atoms with Crippen molar-refractivity contribution >= 4 is 5.69 Å². The van der Waals surface area contributed by atoms with Gasteiger partial charge in [-0.05, 0) is 40.8 Å². The number of rotatable bonds is 2. The molecule has 2 aromatic carbocycles. The Bertz CT molecular complexity index is 795. The number of halogens is 3. The number of para-hydroxylation sites is 1. The summed E-state index contributed by atoms with van der Waals surface area (Å²) < 4.78 is 41.6. The van der Waals surface area contributed by atoms with E-state index in [1.807, 2.05) is 0 Å². The Hall–Kier alpha value is -2.90. The number of hydrogen-bond donors (Lipinski definition) is 1. The molecule has 1 aromatic heterocycles. The summed E-state index contributed by atoms with van der Waals surface area (Å²) in [5.41, 5.74) is 5.60. The van der Waals surface area contributed by atoms with Crippen molar-refractivity contribution in [1.82, 2.24) is 20.2 Å². The zero-order valence-corrected chi connectivity index (χ0v) is 10.5. The lowest BCUT2D eigenvalue weighted by atomic mass is 10.1. The number of aromatic nitrogens is 4. The van der Waals surface area contributed by atoms with Crippen molar-refractivity contribution < 1.29 is 13.2 Å². The molecule has 106 valence electrons. The first kappa shape index (κ1) is 13.1. The second-order valence-corrected chi connectivity index (χ2v) is 4.22. The number of hydrogen-bond acceptors (Lipinski definition) is 4. The minimum absolute atomic E-state index is 0.0106. The maximum Gasteiger partial charge on any atom is 0.189 e. The van der Waals surface area contributed by atoms with Crippen LogP contribution in [0.15, 0.2) is 36.4 Å². The second-order valence-electron chi connectivity index (χ2n) is 4.22. The number of nitrogen functional groups attached to an aromatic ring is 1. The lowest BCUT2D eigenvalue weighted by Gasteiger charge is -2.08. The Balaban J connectivity index is 2.22. The number of nitrogens with two attached hydrogens (primary N) is 1. The molecule has 0 atom stereocenters. The fourth-order valence-electron chi connectivity index (χ4n) is 1.93. The lowest BCUT2D eigenvalue weighted by molar-refractivity contribution is 0.557. The minimum atomic E-state index is -0.829. The summed E-state index contributed by atoms with van der Waals surface area (Å²) in [5.74, 6) is -2.18. The smallest absolute Gasteiger partial charge is 0.189 e. The SMILES string of the molecule is Nc1cc(F)ccc1-c1nnnn1-c1c(F)cccc1F. The molecule has 3 rings (SSSR count). The van der Waals surface area contributed by atoms with Gasteiger partial charge in [0, 0.05) is 11.3 Å². The van der Waals surface area contributed by atoms with Gasteiger partial charge in [0.05, 0.1) is 0 Å². The van der Waals surface area contributed by atoms with Crippen LogP contribution in [0.25, 0.3) is 17.1 Å². The minimum Gasteiger partial charge on any atom is -0.398 e. The van der Waals surface area contributed by atoms with Gasteiger partial charge in [0.1, 0.15) is 11.5 Å². The molecule has 3 aromatic rings. The Morgan fingerprint density at radius 1 is 1.00 bits per heavy atom. The highest BCUT2D eigenvalue weighted by Crippen LogP contribution is 2.27. The third-order valence-corrected chi connectivity index (χ3v) is 2.87. The van der Waals surface area contributed by atoms with E-state index in [0.29, 0.717) is 0 Å². The van der Waals surface area contributed by atoms with Crippen LogP contribution in [0.2, 0.25) is 0 Å². The summed E-state index contributed by atoms with van der Waals surface area (Å²) in [5, 5.41) is 10.7. The van der Waals surface area contributed by atoms with Crippen molar-refractivity contribution in [2.24, 2.45) is 0 Å².